The topological polar surface area (TPSA) is 50.7 Å². The number of carbonyl (C=O) groups is 1. The third kappa shape index (κ3) is 5.96. The van der Waals surface area contributed by atoms with Gasteiger partial charge in [0.15, 0.2) is 6.10 Å². The van der Waals surface area contributed by atoms with Crippen molar-refractivity contribution in [3.63, 3.8) is 0 Å². The van der Waals surface area contributed by atoms with E-state index in [0.717, 1.165) is 5.56 Å². The number of hydrazone groups is 1. The van der Waals surface area contributed by atoms with E-state index >= 15 is 0 Å². The Labute approximate surface area is 140 Å². The van der Waals surface area contributed by atoms with Crippen molar-refractivity contribution in [1.82, 2.24) is 5.43 Å². The third-order valence-corrected chi connectivity index (χ3v) is 3.17. The molecule has 1 atom stereocenters. The van der Waals surface area contributed by atoms with E-state index in [1.807, 2.05) is 36.4 Å². The molecule has 2 rings (SSSR count). The van der Waals surface area contributed by atoms with E-state index in [1.165, 1.54) is 6.21 Å². The Kier molecular flexibility index (Phi) is 6.39. The SMILES string of the molecule is C[C@H](Oc1ccc(Cl)cc1)C(=O)NN=C/C=C\c1ccccc1. The van der Waals surface area contributed by atoms with Gasteiger partial charge >= 0.3 is 0 Å². The normalized spacial score (nSPS) is 12.4. The van der Waals surface area contributed by atoms with Crippen LogP contribution in [0.2, 0.25) is 5.02 Å². The van der Waals surface area contributed by atoms with Gasteiger partial charge in [-0.3, -0.25) is 4.79 Å². The number of benzene rings is 2. The van der Waals surface area contributed by atoms with Gasteiger partial charge in [-0.25, -0.2) is 5.43 Å². The minimum Gasteiger partial charge on any atom is -0.481 e. The summed E-state index contributed by atoms with van der Waals surface area (Å²) in [5.41, 5.74) is 3.49. The second kappa shape index (κ2) is 8.76. The van der Waals surface area contributed by atoms with Gasteiger partial charge in [0.2, 0.25) is 0 Å². The molecule has 0 bridgehead atoms. The van der Waals surface area contributed by atoms with Crippen LogP contribution in [0.15, 0.2) is 65.8 Å². The Bertz CT molecular complexity index is 682. The summed E-state index contributed by atoms with van der Waals surface area (Å²) >= 11 is 5.79. The summed E-state index contributed by atoms with van der Waals surface area (Å²) < 4.78 is 5.49. The Morgan fingerprint density at radius 3 is 2.57 bits per heavy atom. The van der Waals surface area contributed by atoms with Gasteiger partial charge in [0.1, 0.15) is 5.75 Å². The van der Waals surface area contributed by atoms with Crippen LogP contribution in [-0.4, -0.2) is 18.2 Å². The van der Waals surface area contributed by atoms with E-state index in [-0.39, 0.29) is 5.91 Å². The van der Waals surface area contributed by atoms with E-state index in [4.69, 9.17) is 16.3 Å². The zero-order valence-electron chi connectivity index (χ0n) is 12.6. The highest BCUT2D eigenvalue weighted by Gasteiger charge is 2.13. The quantitative estimate of drug-likeness (QED) is 0.645. The first-order chi connectivity index (χ1) is 11.1. The lowest BCUT2D eigenvalue weighted by Crippen LogP contribution is -2.33. The molecule has 0 aliphatic carbocycles. The monoisotopic (exact) mass is 328 g/mol. The van der Waals surface area contributed by atoms with Gasteiger partial charge in [-0.15, -0.1) is 0 Å². The Morgan fingerprint density at radius 1 is 1.17 bits per heavy atom. The van der Waals surface area contributed by atoms with Crippen molar-refractivity contribution < 1.29 is 9.53 Å². The Balaban J connectivity index is 1.78. The lowest BCUT2D eigenvalue weighted by Gasteiger charge is -2.12. The number of hydrogen-bond acceptors (Lipinski definition) is 3. The van der Waals surface area contributed by atoms with Crippen molar-refractivity contribution >= 4 is 29.8 Å². The van der Waals surface area contributed by atoms with E-state index in [9.17, 15) is 4.79 Å². The van der Waals surface area contributed by atoms with Crippen LogP contribution in [0.5, 0.6) is 5.75 Å². The molecule has 0 saturated carbocycles. The number of nitrogens with zero attached hydrogens (tertiary/aromatic N) is 1. The summed E-state index contributed by atoms with van der Waals surface area (Å²) in [7, 11) is 0. The Hall–Kier alpha value is -2.59. The maximum atomic E-state index is 11.8. The molecule has 0 spiro atoms. The average molecular weight is 329 g/mol. The summed E-state index contributed by atoms with van der Waals surface area (Å²) in [5, 5.41) is 4.47. The molecule has 4 nitrogen and oxygen atoms in total. The second-order valence-corrected chi connectivity index (χ2v) is 5.17. The lowest BCUT2D eigenvalue weighted by atomic mass is 10.2. The second-order valence-electron chi connectivity index (χ2n) is 4.74. The molecule has 0 heterocycles. The summed E-state index contributed by atoms with van der Waals surface area (Å²) in [6, 6.07) is 16.6. The fraction of sp³-hybridized carbons (Fsp3) is 0.111. The van der Waals surface area contributed by atoms with Crippen molar-refractivity contribution in [2.45, 2.75) is 13.0 Å². The first-order valence-electron chi connectivity index (χ1n) is 7.12. The molecule has 2 aromatic carbocycles. The largest absolute Gasteiger partial charge is 0.481 e. The van der Waals surface area contributed by atoms with Crippen molar-refractivity contribution in [2.75, 3.05) is 0 Å². The van der Waals surface area contributed by atoms with Crippen LogP contribution < -0.4 is 10.2 Å². The smallest absolute Gasteiger partial charge is 0.280 e. The lowest BCUT2D eigenvalue weighted by molar-refractivity contribution is -0.127. The molecule has 0 radical (unpaired) electrons. The van der Waals surface area contributed by atoms with Gasteiger partial charge in [0.05, 0.1) is 0 Å². The zero-order valence-corrected chi connectivity index (χ0v) is 13.4. The molecule has 0 aromatic heterocycles. The molecule has 118 valence electrons. The van der Waals surface area contributed by atoms with E-state index in [2.05, 4.69) is 10.5 Å². The number of halogens is 1. The van der Waals surface area contributed by atoms with Crippen molar-refractivity contribution in [3.05, 3.63) is 71.3 Å². The zero-order chi connectivity index (χ0) is 16.5. The summed E-state index contributed by atoms with van der Waals surface area (Å²) in [4.78, 5) is 11.8. The number of amides is 1. The van der Waals surface area contributed by atoms with E-state index in [0.29, 0.717) is 10.8 Å². The van der Waals surface area contributed by atoms with Gasteiger partial charge in [-0.2, -0.15) is 5.10 Å². The molecular formula is C18H17ClN2O2. The third-order valence-electron chi connectivity index (χ3n) is 2.92. The van der Waals surface area contributed by atoms with Gasteiger partial charge in [-0.1, -0.05) is 48.0 Å². The van der Waals surface area contributed by atoms with Crippen molar-refractivity contribution in [2.24, 2.45) is 5.10 Å². The number of rotatable bonds is 6. The molecule has 0 saturated heterocycles. The molecule has 1 amide bonds. The highest BCUT2D eigenvalue weighted by Crippen LogP contribution is 2.16. The standard InChI is InChI=1S/C18H17ClN2O2/c1-14(23-17-11-9-16(19)10-12-17)18(22)21-20-13-5-8-15-6-3-2-4-7-15/h2-14H,1H3,(H,21,22)/b8-5-,20-13?/t14-/m0/s1. The number of hydrogen-bond donors (Lipinski definition) is 1. The highest BCUT2D eigenvalue weighted by molar-refractivity contribution is 6.30. The average Bonchev–Trinajstić information content (AvgIpc) is 2.57. The van der Waals surface area contributed by atoms with Crippen molar-refractivity contribution in [1.29, 1.82) is 0 Å². The van der Waals surface area contributed by atoms with Crippen LogP contribution in [0.25, 0.3) is 6.08 Å². The number of carbonyl (C=O) groups excluding carboxylic acids is 1. The summed E-state index contributed by atoms with van der Waals surface area (Å²) in [6.07, 6.45) is 4.50. The Morgan fingerprint density at radius 2 is 1.87 bits per heavy atom. The maximum Gasteiger partial charge on any atom is 0.280 e. The molecule has 1 N–H and O–H groups in total. The number of nitrogens with one attached hydrogen (secondary N) is 1. The molecular weight excluding hydrogens is 312 g/mol. The molecule has 0 aliphatic heterocycles. The highest BCUT2D eigenvalue weighted by atomic mass is 35.5. The van der Waals surface area contributed by atoms with Gasteiger partial charge < -0.3 is 4.74 Å². The van der Waals surface area contributed by atoms with E-state index in [1.54, 1.807) is 37.3 Å². The molecule has 0 unspecified atom stereocenters. The molecule has 0 aliphatic rings. The minimum absolute atomic E-state index is 0.329. The van der Waals surface area contributed by atoms with Gasteiger partial charge in [0, 0.05) is 11.2 Å². The first kappa shape index (κ1) is 16.8. The first-order valence-corrected chi connectivity index (χ1v) is 7.50. The minimum atomic E-state index is -0.661. The van der Waals surface area contributed by atoms with E-state index < -0.39 is 6.10 Å². The summed E-state index contributed by atoms with van der Waals surface area (Å²) in [5.74, 6) is 0.245. The van der Waals surface area contributed by atoms with Crippen LogP contribution in [0.4, 0.5) is 0 Å². The van der Waals surface area contributed by atoms with Gasteiger partial charge in [0.25, 0.3) is 5.91 Å². The van der Waals surface area contributed by atoms with Crippen LogP contribution in [-0.2, 0) is 4.79 Å². The molecule has 0 fully saturated rings. The molecule has 2 aromatic rings. The van der Waals surface area contributed by atoms with Crippen molar-refractivity contribution in [3.8, 4) is 5.75 Å². The van der Waals surface area contributed by atoms with Crippen LogP contribution in [0.3, 0.4) is 0 Å². The fourth-order valence-corrected chi connectivity index (χ4v) is 1.85. The van der Waals surface area contributed by atoms with Crippen LogP contribution >= 0.6 is 11.6 Å². The number of ether oxygens (including phenoxy) is 1. The fourth-order valence-electron chi connectivity index (χ4n) is 1.72. The maximum absolute atomic E-state index is 11.8. The molecule has 23 heavy (non-hydrogen) atoms. The van der Waals surface area contributed by atoms with Crippen LogP contribution in [0, 0.1) is 0 Å². The van der Waals surface area contributed by atoms with Gasteiger partial charge in [-0.05, 0) is 42.8 Å². The number of allylic oxidation sites excluding steroid dienone is 1. The molecule has 5 heteroatoms. The summed E-state index contributed by atoms with van der Waals surface area (Å²) in [6.45, 7) is 1.65. The predicted octanol–water partition coefficient (Wildman–Crippen LogP) is 3.92. The predicted molar refractivity (Wildman–Crippen MR) is 93.7 cm³/mol. The van der Waals surface area contributed by atoms with Crippen LogP contribution in [0.1, 0.15) is 12.5 Å².